The van der Waals surface area contributed by atoms with E-state index >= 15 is 0 Å². The first-order valence-corrected chi connectivity index (χ1v) is 11.3. The van der Waals surface area contributed by atoms with Gasteiger partial charge >= 0.3 is 0 Å². The van der Waals surface area contributed by atoms with Crippen molar-refractivity contribution in [1.29, 1.82) is 0 Å². The number of nitrogens with zero attached hydrogens (tertiary/aromatic N) is 4. The van der Waals surface area contributed by atoms with Crippen LogP contribution in [-0.2, 0) is 11.3 Å². The lowest BCUT2D eigenvalue weighted by molar-refractivity contribution is -0.384. The van der Waals surface area contributed by atoms with Crippen LogP contribution in [0.2, 0.25) is 5.02 Å². The number of rotatable bonds is 8. The third-order valence-corrected chi connectivity index (χ3v) is 6.00. The van der Waals surface area contributed by atoms with E-state index in [0.717, 1.165) is 21.8 Å². The minimum atomic E-state index is -0.573. The van der Waals surface area contributed by atoms with Gasteiger partial charge in [-0.3, -0.25) is 14.9 Å². The molecule has 3 aromatic carbocycles. The number of nitro benzene ring substituents is 1. The monoisotopic (exact) mass is 479 g/mol. The van der Waals surface area contributed by atoms with Crippen LogP contribution in [0.3, 0.4) is 0 Å². The summed E-state index contributed by atoms with van der Waals surface area (Å²) in [7, 11) is 0. The minimum absolute atomic E-state index is 0.0379. The number of thioether (sulfide) groups is 1. The Kier molecular flexibility index (Phi) is 7.01. The number of carbonyl (C=O) groups excluding carboxylic acids is 1. The first-order chi connectivity index (χ1) is 16.0. The lowest BCUT2D eigenvalue weighted by atomic mass is 10.2. The van der Waals surface area contributed by atoms with Crippen LogP contribution in [0.25, 0.3) is 11.0 Å². The van der Waals surface area contributed by atoms with E-state index in [9.17, 15) is 14.9 Å². The number of para-hydroxylation sites is 2. The average molecular weight is 480 g/mol. The third kappa shape index (κ3) is 5.57. The Balaban J connectivity index is 1.43. The van der Waals surface area contributed by atoms with E-state index in [1.807, 2.05) is 54.6 Å². The number of aromatic nitrogens is 2. The summed E-state index contributed by atoms with van der Waals surface area (Å²) in [6.45, 7) is 0.638. The van der Waals surface area contributed by atoms with Gasteiger partial charge in [0.15, 0.2) is 5.16 Å². The van der Waals surface area contributed by atoms with Crippen molar-refractivity contribution in [3.05, 3.63) is 99.1 Å². The molecule has 0 radical (unpaired) electrons. The molecule has 10 heteroatoms. The third-order valence-electron chi connectivity index (χ3n) is 4.71. The number of hydrogen-bond acceptors (Lipinski definition) is 6. The molecule has 33 heavy (non-hydrogen) atoms. The van der Waals surface area contributed by atoms with Crippen LogP contribution in [0.15, 0.2) is 83.1 Å². The molecular formula is C23H18ClN5O3S. The predicted octanol–water partition coefficient (Wildman–Crippen LogP) is 4.89. The molecular weight excluding hydrogens is 462 g/mol. The van der Waals surface area contributed by atoms with E-state index in [-0.39, 0.29) is 22.4 Å². The van der Waals surface area contributed by atoms with E-state index in [0.29, 0.717) is 12.1 Å². The largest absolute Gasteiger partial charge is 0.314 e. The highest BCUT2D eigenvalue weighted by Gasteiger charge is 2.14. The van der Waals surface area contributed by atoms with Crippen LogP contribution in [-0.4, -0.2) is 32.3 Å². The van der Waals surface area contributed by atoms with E-state index in [1.54, 1.807) is 6.07 Å². The fraction of sp³-hybridized carbons (Fsp3) is 0.0870. The van der Waals surface area contributed by atoms with Crippen molar-refractivity contribution in [3.63, 3.8) is 0 Å². The molecule has 1 N–H and O–H groups in total. The van der Waals surface area contributed by atoms with E-state index in [4.69, 9.17) is 11.6 Å². The number of nitrogens with one attached hydrogen (secondary N) is 1. The highest BCUT2D eigenvalue weighted by molar-refractivity contribution is 7.99. The number of benzene rings is 3. The van der Waals surface area contributed by atoms with Gasteiger partial charge in [-0.1, -0.05) is 71.9 Å². The maximum atomic E-state index is 12.3. The molecule has 0 saturated heterocycles. The van der Waals surface area contributed by atoms with Crippen LogP contribution in [0.5, 0.6) is 0 Å². The Morgan fingerprint density at radius 1 is 1.15 bits per heavy atom. The number of halogens is 1. The molecule has 0 aliphatic heterocycles. The van der Waals surface area contributed by atoms with Gasteiger partial charge in [0.05, 0.1) is 34.5 Å². The molecule has 4 aromatic rings. The number of carbonyl (C=O) groups is 1. The van der Waals surface area contributed by atoms with Crippen LogP contribution in [0, 0.1) is 10.1 Å². The van der Waals surface area contributed by atoms with Gasteiger partial charge in [0.25, 0.3) is 11.6 Å². The molecule has 1 aromatic heterocycles. The van der Waals surface area contributed by atoms with E-state index < -0.39 is 4.92 Å². The van der Waals surface area contributed by atoms with Gasteiger partial charge in [0.1, 0.15) is 5.02 Å². The molecule has 1 amide bonds. The van der Waals surface area contributed by atoms with Crippen molar-refractivity contribution in [2.24, 2.45) is 5.10 Å². The topological polar surface area (TPSA) is 102 Å². The molecule has 0 atom stereocenters. The summed E-state index contributed by atoms with van der Waals surface area (Å²) in [4.78, 5) is 27.4. The van der Waals surface area contributed by atoms with Gasteiger partial charge in [-0.2, -0.15) is 5.10 Å². The minimum Gasteiger partial charge on any atom is -0.314 e. The zero-order chi connectivity index (χ0) is 23.2. The molecule has 0 aliphatic rings. The number of nitro groups is 1. The van der Waals surface area contributed by atoms with Crippen LogP contribution < -0.4 is 5.43 Å². The molecule has 0 aliphatic carbocycles. The molecule has 0 saturated carbocycles. The van der Waals surface area contributed by atoms with Gasteiger partial charge in [-0.05, 0) is 23.8 Å². The maximum Gasteiger partial charge on any atom is 0.288 e. The van der Waals surface area contributed by atoms with E-state index in [2.05, 4.69) is 20.1 Å². The van der Waals surface area contributed by atoms with Gasteiger partial charge < -0.3 is 4.57 Å². The molecule has 0 fully saturated rings. The van der Waals surface area contributed by atoms with E-state index in [1.165, 1.54) is 30.1 Å². The number of hydrogen-bond donors (Lipinski definition) is 1. The maximum absolute atomic E-state index is 12.3. The highest BCUT2D eigenvalue weighted by atomic mass is 35.5. The molecule has 4 rings (SSSR count). The molecule has 166 valence electrons. The molecule has 0 bridgehead atoms. The standard InChI is InChI=1S/C23H18ClN5O3S/c24-18-11-10-17(12-21(18)29(31)32)13-25-27-22(30)15-33-23-26-19-8-4-5-9-20(19)28(23)14-16-6-2-1-3-7-16/h1-13H,14-15H2,(H,27,30)/b25-13-. The number of fused-ring (bicyclic) bond motifs is 1. The number of imidazole rings is 1. The summed E-state index contributed by atoms with van der Waals surface area (Å²) in [6.07, 6.45) is 1.33. The molecule has 1 heterocycles. The fourth-order valence-corrected chi connectivity index (χ4v) is 4.17. The van der Waals surface area contributed by atoms with Gasteiger partial charge in [0.2, 0.25) is 0 Å². The van der Waals surface area contributed by atoms with Crippen molar-refractivity contribution in [2.75, 3.05) is 5.75 Å². The summed E-state index contributed by atoms with van der Waals surface area (Å²) in [5.74, 6) is -0.214. The molecule has 0 unspecified atom stereocenters. The number of hydrazone groups is 1. The van der Waals surface area contributed by atoms with Crippen LogP contribution >= 0.6 is 23.4 Å². The lowest BCUT2D eigenvalue weighted by Gasteiger charge is -2.09. The number of amides is 1. The first-order valence-electron chi connectivity index (χ1n) is 9.89. The second kappa shape index (κ2) is 10.3. The summed E-state index contributed by atoms with van der Waals surface area (Å²) in [5.41, 5.74) is 5.65. The fourth-order valence-electron chi connectivity index (χ4n) is 3.17. The van der Waals surface area contributed by atoms with Crippen LogP contribution in [0.1, 0.15) is 11.1 Å². The van der Waals surface area contributed by atoms with Crippen molar-refractivity contribution in [1.82, 2.24) is 15.0 Å². The van der Waals surface area contributed by atoms with Gasteiger partial charge in [-0.15, -0.1) is 0 Å². The second-order valence-corrected chi connectivity index (χ2v) is 8.35. The Labute approximate surface area is 198 Å². The Morgan fingerprint density at radius 2 is 1.91 bits per heavy atom. The highest BCUT2D eigenvalue weighted by Crippen LogP contribution is 2.26. The summed E-state index contributed by atoms with van der Waals surface area (Å²) < 4.78 is 2.08. The van der Waals surface area contributed by atoms with Crippen molar-refractivity contribution in [3.8, 4) is 0 Å². The summed E-state index contributed by atoms with van der Waals surface area (Å²) >= 11 is 7.12. The summed E-state index contributed by atoms with van der Waals surface area (Å²) in [5, 5.41) is 15.6. The van der Waals surface area contributed by atoms with Gasteiger partial charge in [-0.25, -0.2) is 10.4 Å². The zero-order valence-electron chi connectivity index (χ0n) is 17.2. The normalized spacial score (nSPS) is 11.2. The quantitative estimate of drug-likeness (QED) is 0.168. The van der Waals surface area contributed by atoms with Gasteiger partial charge in [0, 0.05) is 11.6 Å². The first kappa shape index (κ1) is 22.5. The zero-order valence-corrected chi connectivity index (χ0v) is 18.8. The van der Waals surface area contributed by atoms with Crippen molar-refractivity contribution >= 4 is 52.2 Å². The van der Waals surface area contributed by atoms with Crippen molar-refractivity contribution < 1.29 is 9.72 Å². The SMILES string of the molecule is O=C(CSc1nc2ccccc2n1Cc1ccccc1)N/N=C\c1ccc(Cl)c([N+](=O)[O-])c1. The Bertz CT molecular complexity index is 1340. The molecule has 0 spiro atoms. The van der Waals surface area contributed by atoms with Crippen LogP contribution in [0.4, 0.5) is 5.69 Å². The average Bonchev–Trinajstić information content (AvgIpc) is 3.16. The lowest BCUT2D eigenvalue weighted by Crippen LogP contribution is -2.20. The Morgan fingerprint density at radius 3 is 2.70 bits per heavy atom. The smallest absolute Gasteiger partial charge is 0.288 e. The molecule has 8 nitrogen and oxygen atoms in total. The Hall–Kier alpha value is -3.69. The predicted molar refractivity (Wildman–Crippen MR) is 130 cm³/mol. The second-order valence-electron chi connectivity index (χ2n) is 7.00. The summed E-state index contributed by atoms with van der Waals surface area (Å²) in [6, 6.07) is 22.2. The van der Waals surface area contributed by atoms with Crippen molar-refractivity contribution in [2.45, 2.75) is 11.7 Å².